The maximum absolute atomic E-state index is 10.6. The number of nitrogens with zero attached hydrogens (tertiary/aromatic N) is 1. The first kappa shape index (κ1) is 11.5. The third kappa shape index (κ3) is 4.07. The van der Waals surface area contributed by atoms with Gasteiger partial charge in [-0.1, -0.05) is 6.92 Å². The summed E-state index contributed by atoms with van der Waals surface area (Å²) in [6.45, 7) is 6.19. The molecule has 0 aromatic rings. The Hall–Kier alpha value is -0.610. The minimum Gasteiger partial charge on any atom is -0.370 e. The minimum absolute atomic E-state index is 0.196. The monoisotopic (exact) mass is 199 g/mol. The fraction of sp³-hybridized carbons (Fsp3) is 0.900. The van der Waals surface area contributed by atoms with E-state index in [1.807, 2.05) is 0 Å². The number of carbonyl (C=O) groups excluding carboxylic acids is 1. The molecule has 1 fully saturated rings. The third-order valence-corrected chi connectivity index (χ3v) is 2.75. The van der Waals surface area contributed by atoms with E-state index in [1.165, 1.54) is 12.8 Å². The number of nitrogens with two attached hydrogens (primary N) is 1. The van der Waals surface area contributed by atoms with Crippen molar-refractivity contribution in [2.24, 2.45) is 5.73 Å². The highest BCUT2D eigenvalue weighted by atomic mass is 16.1. The highest BCUT2D eigenvalue weighted by Gasteiger charge is 2.17. The topological polar surface area (TPSA) is 58.4 Å². The normalized spacial score (nSPS) is 19.8. The van der Waals surface area contributed by atoms with Gasteiger partial charge in [0.1, 0.15) is 0 Å². The van der Waals surface area contributed by atoms with Gasteiger partial charge in [0.2, 0.25) is 5.91 Å². The number of hydrogen-bond acceptors (Lipinski definition) is 3. The summed E-state index contributed by atoms with van der Waals surface area (Å²) in [7, 11) is 0. The largest absolute Gasteiger partial charge is 0.370 e. The molecule has 0 radical (unpaired) electrons. The van der Waals surface area contributed by atoms with Gasteiger partial charge >= 0.3 is 0 Å². The van der Waals surface area contributed by atoms with Crippen LogP contribution in [0.2, 0.25) is 0 Å². The second-order valence-electron chi connectivity index (χ2n) is 3.89. The second kappa shape index (κ2) is 5.98. The van der Waals surface area contributed by atoms with Crippen molar-refractivity contribution in [3.05, 3.63) is 0 Å². The van der Waals surface area contributed by atoms with Crippen molar-refractivity contribution in [1.82, 2.24) is 10.2 Å². The Morgan fingerprint density at radius 2 is 2.14 bits per heavy atom. The van der Waals surface area contributed by atoms with Crippen molar-refractivity contribution in [3.8, 4) is 0 Å². The Balaban J connectivity index is 2.12. The third-order valence-electron chi connectivity index (χ3n) is 2.75. The van der Waals surface area contributed by atoms with E-state index in [9.17, 15) is 4.79 Å². The predicted molar refractivity (Wildman–Crippen MR) is 57.0 cm³/mol. The lowest BCUT2D eigenvalue weighted by atomic mass is 10.0. The first-order valence-corrected chi connectivity index (χ1v) is 5.46. The summed E-state index contributed by atoms with van der Waals surface area (Å²) in [6.07, 6.45) is 2.87. The molecule has 1 amide bonds. The molecule has 0 unspecified atom stereocenters. The van der Waals surface area contributed by atoms with Crippen LogP contribution in [0.5, 0.6) is 0 Å². The summed E-state index contributed by atoms with van der Waals surface area (Å²) in [5.41, 5.74) is 5.11. The van der Waals surface area contributed by atoms with Crippen molar-refractivity contribution >= 4 is 5.91 Å². The molecule has 0 atom stereocenters. The number of amides is 1. The molecular weight excluding hydrogens is 178 g/mol. The Kier molecular flexibility index (Phi) is 4.90. The van der Waals surface area contributed by atoms with E-state index in [1.54, 1.807) is 0 Å². The van der Waals surface area contributed by atoms with Crippen LogP contribution < -0.4 is 11.1 Å². The van der Waals surface area contributed by atoms with E-state index in [0.29, 0.717) is 12.5 Å². The molecule has 0 spiro atoms. The molecule has 4 heteroatoms. The number of likely N-dealkylation sites (tertiary alicyclic amines) is 1. The molecule has 14 heavy (non-hydrogen) atoms. The Bertz CT molecular complexity index is 176. The van der Waals surface area contributed by atoms with Gasteiger partial charge in [-0.2, -0.15) is 0 Å². The van der Waals surface area contributed by atoms with Crippen molar-refractivity contribution in [1.29, 1.82) is 0 Å². The molecule has 1 saturated heterocycles. The zero-order chi connectivity index (χ0) is 10.4. The molecule has 1 rings (SSSR count). The van der Waals surface area contributed by atoms with Crippen LogP contribution in [0, 0.1) is 0 Å². The van der Waals surface area contributed by atoms with E-state index in [4.69, 9.17) is 5.73 Å². The molecule has 0 aromatic carbocycles. The maximum atomic E-state index is 10.6. The van der Waals surface area contributed by atoms with Crippen molar-refractivity contribution in [2.45, 2.75) is 32.2 Å². The first-order chi connectivity index (χ1) is 6.72. The lowest BCUT2D eigenvalue weighted by Gasteiger charge is -2.31. The Morgan fingerprint density at radius 3 is 2.64 bits per heavy atom. The number of primary amides is 1. The average molecular weight is 199 g/mol. The fourth-order valence-corrected chi connectivity index (χ4v) is 1.92. The maximum Gasteiger partial charge on any atom is 0.218 e. The zero-order valence-electron chi connectivity index (χ0n) is 8.96. The van der Waals surface area contributed by atoms with E-state index in [2.05, 4.69) is 17.1 Å². The van der Waals surface area contributed by atoms with E-state index in [-0.39, 0.29) is 5.91 Å². The van der Waals surface area contributed by atoms with Crippen molar-refractivity contribution in [2.75, 3.05) is 26.2 Å². The van der Waals surface area contributed by atoms with Crippen LogP contribution in [-0.4, -0.2) is 43.0 Å². The molecule has 0 aliphatic carbocycles. The van der Waals surface area contributed by atoms with Crippen LogP contribution in [0.15, 0.2) is 0 Å². The number of hydrogen-bond donors (Lipinski definition) is 2. The van der Waals surface area contributed by atoms with Crippen LogP contribution in [0.25, 0.3) is 0 Å². The van der Waals surface area contributed by atoms with E-state index in [0.717, 1.165) is 26.2 Å². The number of nitrogens with one attached hydrogen (secondary N) is 1. The smallest absolute Gasteiger partial charge is 0.218 e. The van der Waals surface area contributed by atoms with Gasteiger partial charge in [-0.15, -0.1) is 0 Å². The highest BCUT2D eigenvalue weighted by molar-refractivity contribution is 5.73. The number of piperidine rings is 1. The first-order valence-electron chi connectivity index (χ1n) is 5.46. The van der Waals surface area contributed by atoms with E-state index < -0.39 is 0 Å². The molecule has 3 N–H and O–H groups in total. The minimum atomic E-state index is -0.196. The molecule has 0 saturated carbocycles. The lowest BCUT2D eigenvalue weighted by Crippen LogP contribution is -2.43. The van der Waals surface area contributed by atoms with Gasteiger partial charge in [0.25, 0.3) is 0 Å². The van der Waals surface area contributed by atoms with Gasteiger partial charge in [-0.05, 0) is 32.5 Å². The van der Waals surface area contributed by atoms with Crippen molar-refractivity contribution in [3.63, 3.8) is 0 Å². The molecule has 0 aromatic heterocycles. The summed E-state index contributed by atoms with van der Waals surface area (Å²) >= 11 is 0. The number of carbonyl (C=O) groups is 1. The second-order valence-corrected chi connectivity index (χ2v) is 3.89. The van der Waals surface area contributed by atoms with Crippen LogP contribution >= 0.6 is 0 Å². The molecule has 0 bridgehead atoms. The fourth-order valence-electron chi connectivity index (χ4n) is 1.92. The van der Waals surface area contributed by atoms with Gasteiger partial charge in [-0.3, -0.25) is 4.79 Å². The standard InChI is InChI=1S/C10H21N3O/c1-2-12-9-3-6-13(7-4-9)8-5-10(11)14/h9,12H,2-8H2,1H3,(H2,11,14). The number of rotatable bonds is 5. The summed E-state index contributed by atoms with van der Waals surface area (Å²) in [6, 6.07) is 0.671. The summed E-state index contributed by atoms with van der Waals surface area (Å²) < 4.78 is 0. The molecule has 1 heterocycles. The van der Waals surface area contributed by atoms with Crippen LogP contribution in [0.3, 0.4) is 0 Å². The van der Waals surface area contributed by atoms with Gasteiger partial charge in [0, 0.05) is 19.0 Å². The zero-order valence-corrected chi connectivity index (χ0v) is 8.96. The van der Waals surface area contributed by atoms with E-state index >= 15 is 0 Å². The quantitative estimate of drug-likeness (QED) is 0.652. The Morgan fingerprint density at radius 1 is 1.50 bits per heavy atom. The Labute approximate surface area is 85.8 Å². The van der Waals surface area contributed by atoms with Gasteiger partial charge in [0.15, 0.2) is 0 Å². The predicted octanol–water partition coefficient (Wildman–Crippen LogP) is -0.0643. The lowest BCUT2D eigenvalue weighted by molar-refractivity contribution is -0.118. The van der Waals surface area contributed by atoms with Crippen molar-refractivity contribution < 1.29 is 4.79 Å². The molecule has 4 nitrogen and oxygen atoms in total. The van der Waals surface area contributed by atoms with Gasteiger partial charge < -0.3 is 16.0 Å². The van der Waals surface area contributed by atoms with Crippen LogP contribution in [-0.2, 0) is 4.79 Å². The van der Waals surface area contributed by atoms with Crippen LogP contribution in [0.4, 0.5) is 0 Å². The molecule has 1 aliphatic heterocycles. The molecule has 1 aliphatic rings. The average Bonchev–Trinajstić information content (AvgIpc) is 2.17. The summed E-state index contributed by atoms with van der Waals surface area (Å²) in [4.78, 5) is 12.9. The van der Waals surface area contributed by atoms with Crippen LogP contribution in [0.1, 0.15) is 26.2 Å². The highest BCUT2D eigenvalue weighted by Crippen LogP contribution is 2.09. The summed E-state index contributed by atoms with van der Waals surface area (Å²) in [5.74, 6) is -0.196. The molecule has 82 valence electrons. The summed E-state index contributed by atoms with van der Waals surface area (Å²) in [5, 5.41) is 3.45. The van der Waals surface area contributed by atoms with Gasteiger partial charge in [0.05, 0.1) is 0 Å². The SMILES string of the molecule is CCNC1CCN(CCC(N)=O)CC1. The van der Waals surface area contributed by atoms with Gasteiger partial charge in [-0.25, -0.2) is 0 Å². The molecular formula is C10H21N3O.